The van der Waals surface area contributed by atoms with E-state index >= 15 is 0 Å². The topological polar surface area (TPSA) is 0 Å². The summed E-state index contributed by atoms with van der Waals surface area (Å²) < 4.78 is 12.5. The summed E-state index contributed by atoms with van der Waals surface area (Å²) in [7, 11) is 0. The molecule has 0 amide bonds. The third-order valence-electron chi connectivity index (χ3n) is 1.86. The van der Waals surface area contributed by atoms with E-state index in [1.54, 1.807) is 0 Å². The molecule has 0 saturated carbocycles. The van der Waals surface area contributed by atoms with Crippen LogP contribution in [0.2, 0.25) is 0 Å². The van der Waals surface area contributed by atoms with Gasteiger partial charge in [-0.25, -0.2) is 4.39 Å². The van der Waals surface area contributed by atoms with Crippen molar-refractivity contribution in [3.05, 3.63) is 35.6 Å². The predicted molar refractivity (Wildman–Crippen MR) is 53.2 cm³/mol. The maximum atomic E-state index is 12.5. The summed E-state index contributed by atoms with van der Waals surface area (Å²) in [6, 6.07) is 6.75. The van der Waals surface area contributed by atoms with Gasteiger partial charge in [0, 0.05) is 0 Å². The molecule has 0 aliphatic rings. The van der Waals surface area contributed by atoms with Gasteiger partial charge in [0.2, 0.25) is 0 Å². The minimum atomic E-state index is -0.157. The molecule has 0 radical (unpaired) electrons. The van der Waals surface area contributed by atoms with Gasteiger partial charge >= 0.3 is 0 Å². The van der Waals surface area contributed by atoms with Crippen molar-refractivity contribution in [3.63, 3.8) is 0 Å². The minimum absolute atomic E-state index is 0.157. The minimum Gasteiger partial charge on any atom is -0.207 e. The predicted octanol–water partition coefficient (Wildman–Crippen LogP) is 3.29. The van der Waals surface area contributed by atoms with Crippen molar-refractivity contribution < 1.29 is 4.39 Å². The van der Waals surface area contributed by atoms with Crippen molar-refractivity contribution in [2.45, 2.75) is 12.8 Å². The number of benzene rings is 1. The molecule has 1 atom stereocenters. The van der Waals surface area contributed by atoms with E-state index in [0.717, 1.165) is 5.75 Å². The molecule has 1 unspecified atom stereocenters. The van der Waals surface area contributed by atoms with Crippen LogP contribution in [0.1, 0.15) is 18.4 Å². The Bertz CT molecular complexity index is 230. The largest absolute Gasteiger partial charge is 0.207 e. The molecule has 0 aliphatic heterocycles. The van der Waals surface area contributed by atoms with E-state index in [4.69, 9.17) is 0 Å². The summed E-state index contributed by atoms with van der Waals surface area (Å²) in [6.45, 7) is 2.16. The number of hydrogen-bond donors (Lipinski definition) is 0. The summed E-state index contributed by atoms with van der Waals surface area (Å²) in [6.07, 6.45) is 2.08. The first kappa shape index (κ1) is 9.59. The maximum absolute atomic E-state index is 12.5. The number of thioether (sulfide) groups is 1. The standard InChI is InChI=1S/C10H13FS/c1-8(7-12-2)9-3-5-10(11)6-4-9/h3-6,8H,7H2,1-2H3. The Hall–Kier alpha value is -0.500. The molecular weight excluding hydrogens is 171 g/mol. The summed E-state index contributed by atoms with van der Waals surface area (Å²) in [5, 5.41) is 0. The molecule has 2 heteroatoms. The van der Waals surface area contributed by atoms with Crippen LogP contribution in [0.25, 0.3) is 0 Å². The fraction of sp³-hybridized carbons (Fsp3) is 0.400. The van der Waals surface area contributed by atoms with Gasteiger partial charge in [0.25, 0.3) is 0 Å². The maximum Gasteiger partial charge on any atom is 0.123 e. The van der Waals surface area contributed by atoms with Crippen LogP contribution in [0.4, 0.5) is 4.39 Å². The highest BCUT2D eigenvalue weighted by Gasteiger charge is 2.03. The van der Waals surface area contributed by atoms with E-state index in [1.807, 2.05) is 23.9 Å². The molecule has 0 N–H and O–H groups in total. The van der Waals surface area contributed by atoms with Crippen molar-refractivity contribution in [2.75, 3.05) is 12.0 Å². The average molecular weight is 184 g/mol. The molecule has 0 aromatic heterocycles. The highest BCUT2D eigenvalue weighted by atomic mass is 32.2. The quantitative estimate of drug-likeness (QED) is 0.694. The molecular formula is C10H13FS. The third-order valence-corrected chi connectivity index (χ3v) is 2.69. The van der Waals surface area contributed by atoms with E-state index in [1.165, 1.54) is 17.7 Å². The van der Waals surface area contributed by atoms with Gasteiger partial charge in [-0.3, -0.25) is 0 Å². The molecule has 0 heterocycles. The van der Waals surface area contributed by atoms with Crippen molar-refractivity contribution in [3.8, 4) is 0 Å². The van der Waals surface area contributed by atoms with Gasteiger partial charge in [0.15, 0.2) is 0 Å². The van der Waals surface area contributed by atoms with Crippen LogP contribution in [0.5, 0.6) is 0 Å². The SMILES string of the molecule is CSCC(C)c1ccc(F)cc1. The number of halogens is 1. The van der Waals surface area contributed by atoms with Gasteiger partial charge in [0.1, 0.15) is 5.82 Å². The molecule has 1 aromatic rings. The molecule has 66 valence electrons. The Labute approximate surface area is 77.2 Å². The van der Waals surface area contributed by atoms with Gasteiger partial charge < -0.3 is 0 Å². The summed E-state index contributed by atoms with van der Waals surface area (Å²) in [5.41, 5.74) is 1.21. The molecule has 0 fully saturated rings. The highest BCUT2D eigenvalue weighted by molar-refractivity contribution is 7.98. The third kappa shape index (κ3) is 2.52. The molecule has 12 heavy (non-hydrogen) atoms. The van der Waals surface area contributed by atoms with Crippen LogP contribution in [-0.2, 0) is 0 Å². The summed E-state index contributed by atoms with van der Waals surface area (Å²) >= 11 is 1.82. The molecule has 0 aliphatic carbocycles. The molecule has 0 saturated heterocycles. The molecule has 0 bridgehead atoms. The Kier molecular flexibility index (Phi) is 3.60. The van der Waals surface area contributed by atoms with Gasteiger partial charge in [-0.1, -0.05) is 19.1 Å². The number of rotatable bonds is 3. The van der Waals surface area contributed by atoms with E-state index < -0.39 is 0 Å². The van der Waals surface area contributed by atoms with Crippen molar-refractivity contribution in [1.29, 1.82) is 0 Å². The smallest absolute Gasteiger partial charge is 0.123 e. The first-order valence-electron chi connectivity index (χ1n) is 3.98. The van der Waals surface area contributed by atoms with Crippen LogP contribution in [0.3, 0.4) is 0 Å². The summed E-state index contributed by atoms with van der Waals surface area (Å²) in [4.78, 5) is 0. The van der Waals surface area contributed by atoms with Crippen LogP contribution in [0.15, 0.2) is 24.3 Å². The summed E-state index contributed by atoms with van der Waals surface area (Å²) in [5.74, 6) is 1.45. The molecule has 1 rings (SSSR count). The first-order valence-corrected chi connectivity index (χ1v) is 5.38. The molecule has 0 nitrogen and oxygen atoms in total. The van der Waals surface area contributed by atoms with E-state index in [9.17, 15) is 4.39 Å². The zero-order valence-electron chi connectivity index (χ0n) is 7.38. The lowest BCUT2D eigenvalue weighted by Crippen LogP contribution is -1.95. The van der Waals surface area contributed by atoms with Crippen LogP contribution >= 0.6 is 11.8 Å². The van der Waals surface area contributed by atoms with Crippen LogP contribution in [-0.4, -0.2) is 12.0 Å². The average Bonchev–Trinajstić information content (AvgIpc) is 2.06. The number of hydrogen-bond acceptors (Lipinski definition) is 1. The zero-order valence-corrected chi connectivity index (χ0v) is 8.20. The van der Waals surface area contributed by atoms with E-state index in [0.29, 0.717) is 5.92 Å². The molecule has 0 spiro atoms. The lowest BCUT2D eigenvalue weighted by Gasteiger charge is -2.09. The van der Waals surface area contributed by atoms with Crippen LogP contribution in [0, 0.1) is 5.82 Å². The molecule has 1 aromatic carbocycles. The second kappa shape index (κ2) is 4.51. The fourth-order valence-electron chi connectivity index (χ4n) is 1.14. The highest BCUT2D eigenvalue weighted by Crippen LogP contribution is 2.18. The Morgan fingerprint density at radius 2 is 1.92 bits per heavy atom. The lowest BCUT2D eigenvalue weighted by molar-refractivity contribution is 0.626. The zero-order chi connectivity index (χ0) is 8.97. The Balaban J connectivity index is 2.68. The van der Waals surface area contributed by atoms with Gasteiger partial charge in [0.05, 0.1) is 0 Å². The van der Waals surface area contributed by atoms with Crippen LogP contribution < -0.4 is 0 Å². The van der Waals surface area contributed by atoms with E-state index in [-0.39, 0.29) is 5.82 Å². The van der Waals surface area contributed by atoms with E-state index in [2.05, 4.69) is 13.2 Å². The van der Waals surface area contributed by atoms with Crippen molar-refractivity contribution >= 4 is 11.8 Å². The fourth-order valence-corrected chi connectivity index (χ4v) is 1.83. The Morgan fingerprint density at radius 1 is 1.33 bits per heavy atom. The Morgan fingerprint density at radius 3 is 2.42 bits per heavy atom. The second-order valence-corrected chi connectivity index (χ2v) is 3.82. The second-order valence-electron chi connectivity index (χ2n) is 2.91. The normalized spacial score (nSPS) is 12.9. The van der Waals surface area contributed by atoms with Gasteiger partial charge in [-0.15, -0.1) is 0 Å². The van der Waals surface area contributed by atoms with Crippen molar-refractivity contribution in [1.82, 2.24) is 0 Å². The lowest BCUT2D eigenvalue weighted by atomic mass is 10.0. The monoisotopic (exact) mass is 184 g/mol. The first-order chi connectivity index (χ1) is 5.74. The van der Waals surface area contributed by atoms with Gasteiger partial charge in [-0.2, -0.15) is 11.8 Å². The van der Waals surface area contributed by atoms with Crippen molar-refractivity contribution in [2.24, 2.45) is 0 Å². The van der Waals surface area contributed by atoms with Gasteiger partial charge in [-0.05, 0) is 35.6 Å².